The van der Waals surface area contributed by atoms with Crippen LogP contribution in [0.1, 0.15) is 21.9 Å². The molecule has 5 nitrogen and oxygen atoms in total. The van der Waals surface area contributed by atoms with E-state index in [4.69, 9.17) is 0 Å². The zero-order valence-corrected chi connectivity index (χ0v) is 12.7. The number of hydrogen-bond acceptors (Lipinski definition) is 4. The molecule has 1 aromatic heterocycles. The van der Waals surface area contributed by atoms with Crippen LogP contribution in [0.15, 0.2) is 24.4 Å². The summed E-state index contributed by atoms with van der Waals surface area (Å²) in [5.41, 5.74) is 0.282. The number of ether oxygens (including phenoxy) is 1. The topological polar surface area (TPSA) is 64.1 Å². The summed E-state index contributed by atoms with van der Waals surface area (Å²) < 4.78 is 54.8. The van der Waals surface area contributed by atoms with E-state index in [9.17, 15) is 22.4 Å². The van der Waals surface area contributed by atoms with Crippen molar-refractivity contribution in [2.45, 2.75) is 20.0 Å². The largest absolute Gasteiger partial charge is 0.482 e. The molecule has 0 spiro atoms. The van der Waals surface area contributed by atoms with Crippen molar-refractivity contribution < 1.29 is 27.1 Å². The van der Waals surface area contributed by atoms with Crippen LogP contribution in [-0.4, -0.2) is 28.7 Å². The van der Waals surface area contributed by atoms with E-state index >= 15 is 0 Å². The number of aromatic nitrogens is 2. The Morgan fingerprint density at radius 1 is 1.29 bits per heavy atom. The highest BCUT2D eigenvalue weighted by Gasteiger charge is 2.29. The van der Waals surface area contributed by atoms with Gasteiger partial charge in [-0.3, -0.25) is 4.79 Å². The van der Waals surface area contributed by atoms with Crippen LogP contribution < -0.4 is 10.1 Å². The van der Waals surface area contributed by atoms with Crippen LogP contribution in [0.5, 0.6) is 5.75 Å². The maximum Gasteiger partial charge on any atom is 0.422 e. The lowest BCUT2D eigenvalue weighted by Gasteiger charge is -2.14. The smallest absolute Gasteiger partial charge is 0.422 e. The van der Waals surface area contributed by atoms with Gasteiger partial charge in [0.15, 0.2) is 6.61 Å². The first-order valence-electron chi connectivity index (χ1n) is 6.76. The van der Waals surface area contributed by atoms with Crippen LogP contribution in [-0.2, 0) is 0 Å². The molecule has 0 atom stereocenters. The van der Waals surface area contributed by atoms with Gasteiger partial charge in [0.25, 0.3) is 5.91 Å². The quantitative estimate of drug-likeness (QED) is 0.864. The molecule has 9 heteroatoms. The molecule has 1 heterocycles. The minimum Gasteiger partial charge on any atom is -0.482 e. The average Bonchev–Trinajstić information content (AvgIpc) is 2.45. The zero-order valence-electron chi connectivity index (χ0n) is 12.7. The van der Waals surface area contributed by atoms with Gasteiger partial charge in [0, 0.05) is 12.3 Å². The lowest BCUT2D eigenvalue weighted by Crippen LogP contribution is -2.21. The van der Waals surface area contributed by atoms with E-state index in [1.54, 1.807) is 13.8 Å². The Morgan fingerprint density at radius 3 is 2.62 bits per heavy atom. The van der Waals surface area contributed by atoms with Crippen molar-refractivity contribution in [3.8, 4) is 5.75 Å². The van der Waals surface area contributed by atoms with Crippen molar-refractivity contribution in [3.63, 3.8) is 0 Å². The fourth-order valence-corrected chi connectivity index (χ4v) is 1.88. The molecule has 0 saturated carbocycles. The van der Waals surface area contributed by atoms with Crippen LogP contribution in [0.2, 0.25) is 0 Å². The van der Waals surface area contributed by atoms with Gasteiger partial charge in [-0.25, -0.2) is 14.4 Å². The number of benzene rings is 1. The number of amides is 1. The predicted octanol–water partition coefficient (Wildman–Crippen LogP) is 3.43. The number of nitrogens with one attached hydrogen (secondary N) is 1. The van der Waals surface area contributed by atoms with Crippen LogP contribution in [0.25, 0.3) is 0 Å². The number of rotatable bonds is 4. The summed E-state index contributed by atoms with van der Waals surface area (Å²) in [5, 5.41) is 2.31. The van der Waals surface area contributed by atoms with Crippen molar-refractivity contribution in [3.05, 3.63) is 47.3 Å². The molecule has 2 rings (SSSR count). The molecule has 128 valence electrons. The van der Waals surface area contributed by atoms with Crippen LogP contribution in [0.3, 0.4) is 0 Å². The average molecular weight is 343 g/mol. The Labute approximate surface area is 134 Å². The molecule has 0 radical (unpaired) electrons. The summed E-state index contributed by atoms with van der Waals surface area (Å²) in [4.78, 5) is 20.1. The summed E-state index contributed by atoms with van der Waals surface area (Å²) in [6.45, 7) is 1.66. The summed E-state index contributed by atoms with van der Waals surface area (Å²) in [5.74, 6) is -1.26. The normalized spacial score (nSPS) is 11.2. The minimum absolute atomic E-state index is 0.117. The Hall–Kier alpha value is -2.71. The molecule has 2 aromatic rings. The first-order chi connectivity index (χ1) is 11.2. The SMILES string of the molecule is Cc1ncc(C(=O)Nc2cc(F)ccc2OCC(F)(F)F)c(C)n1. The molecular weight excluding hydrogens is 330 g/mol. The Kier molecular flexibility index (Phi) is 5.01. The van der Waals surface area contributed by atoms with Crippen molar-refractivity contribution in [2.75, 3.05) is 11.9 Å². The Balaban J connectivity index is 2.24. The molecule has 0 saturated heterocycles. The van der Waals surface area contributed by atoms with Crippen molar-refractivity contribution in [1.82, 2.24) is 9.97 Å². The third-order valence-electron chi connectivity index (χ3n) is 2.93. The van der Waals surface area contributed by atoms with Gasteiger partial charge < -0.3 is 10.1 Å². The lowest BCUT2D eigenvalue weighted by molar-refractivity contribution is -0.153. The van der Waals surface area contributed by atoms with Crippen LogP contribution >= 0.6 is 0 Å². The van der Waals surface area contributed by atoms with E-state index in [0.29, 0.717) is 11.5 Å². The number of carbonyl (C=O) groups excluding carboxylic acids is 1. The zero-order chi connectivity index (χ0) is 17.9. The fourth-order valence-electron chi connectivity index (χ4n) is 1.88. The number of aryl methyl sites for hydroxylation is 2. The molecule has 0 fully saturated rings. The van der Waals surface area contributed by atoms with Gasteiger partial charge in [-0.1, -0.05) is 0 Å². The van der Waals surface area contributed by atoms with Gasteiger partial charge in [-0.2, -0.15) is 13.2 Å². The van der Waals surface area contributed by atoms with E-state index in [-0.39, 0.29) is 17.0 Å². The van der Waals surface area contributed by atoms with E-state index in [0.717, 1.165) is 18.2 Å². The van der Waals surface area contributed by atoms with Crippen molar-refractivity contribution in [1.29, 1.82) is 0 Å². The Morgan fingerprint density at radius 2 is 2.00 bits per heavy atom. The van der Waals surface area contributed by atoms with E-state index in [1.165, 1.54) is 6.20 Å². The van der Waals surface area contributed by atoms with Gasteiger partial charge in [-0.05, 0) is 26.0 Å². The Bertz CT molecular complexity index is 763. The summed E-state index contributed by atoms with van der Waals surface area (Å²) >= 11 is 0. The van der Waals surface area contributed by atoms with Gasteiger partial charge in [-0.15, -0.1) is 0 Å². The van der Waals surface area contributed by atoms with Crippen LogP contribution in [0, 0.1) is 19.7 Å². The maximum absolute atomic E-state index is 13.4. The maximum atomic E-state index is 13.4. The second-order valence-electron chi connectivity index (χ2n) is 4.91. The highest BCUT2D eigenvalue weighted by atomic mass is 19.4. The highest BCUT2D eigenvalue weighted by Crippen LogP contribution is 2.28. The second kappa shape index (κ2) is 6.81. The first kappa shape index (κ1) is 17.6. The molecule has 1 aromatic carbocycles. The second-order valence-corrected chi connectivity index (χ2v) is 4.91. The number of nitrogens with zero attached hydrogens (tertiary/aromatic N) is 2. The minimum atomic E-state index is -4.56. The molecule has 0 unspecified atom stereocenters. The first-order valence-corrected chi connectivity index (χ1v) is 6.76. The predicted molar refractivity (Wildman–Crippen MR) is 77.4 cm³/mol. The summed E-state index contributed by atoms with van der Waals surface area (Å²) in [7, 11) is 0. The highest BCUT2D eigenvalue weighted by molar-refractivity contribution is 6.05. The lowest BCUT2D eigenvalue weighted by atomic mass is 10.2. The summed E-state index contributed by atoms with van der Waals surface area (Å²) in [6.07, 6.45) is -3.28. The molecule has 24 heavy (non-hydrogen) atoms. The molecular formula is C15H13F4N3O2. The van der Waals surface area contributed by atoms with Gasteiger partial charge >= 0.3 is 6.18 Å². The van der Waals surface area contributed by atoms with Gasteiger partial charge in [0.2, 0.25) is 0 Å². The molecule has 0 bridgehead atoms. The number of halogens is 4. The van der Waals surface area contributed by atoms with E-state index in [2.05, 4.69) is 20.0 Å². The molecule has 0 aliphatic carbocycles. The monoisotopic (exact) mass is 343 g/mol. The third kappa shape index (κ3) is 4.64. The number of alkyl halides is 3. The molecule has 1 N–H and O–H groups in total. The summed E-state index contributed by atoms with van der Waals surface area (Å²) in [6, 6.07) is 2.81. The van der Waals surface area contributed by atoms with Crippen molar-refractivity contribution >= 4 is 11.6 Å². The molecule has 0 aliphatic rings. The van der Waals surface area contributed by atoms with Crippen molar-refractivity contribution in [2.24, 2.45) is 0 Å². The van der Waals surface area contributed by atoms with E-state index in [1.807, 2.05) is 0 Å². The number of hydrogen-bond donors (Lipinski definition) is 1. The van der Waals surface area contributed by atoms with E-state index < -0.39 is 24.5 Å². The fraction of sp³-hybridized carbons (Fsp3) is 0.267. The number of carbonyl (C=O) groups is 1. The van der Waals surface area contributed by atoms with Crippen LogP contribution in [0.4, 0.5) is 23.2 Å². The standard InChI is InChI=1S/C15H13F4N3O2/c1-8-11(6-20-9(2)21-8)14(23)22-12-5-10(16)3-4-13(12)24-7-15(17,18)19/h3-6H,7H2,1-2H3,(H,22,23). The van der Waals surface area contributed by atoms with Gasteiger partial charge in [0.05, 0.1) is 16.9 Å². The van der Waals surface area contributed by atoms with Gasteiger partial charge in [0.1, 0.15) is 17.4 Å². The molecule has 0 aliphatic heterocycles. The number of anilines is 1. The third-order valence-corrected chi connectivity index (χ3v) is 2.93. The molecule has 1 amide bonds.